The number of carbonyl (C=O) groups is 1. The number of nitrogens with zero attached hydrogens (tertiary/aromatic N) is 3. The number of thiazole rings is 1. The molecular formula is C29H30F2N4O3S2. The summed E-state index contributed by atoms with van der Waals surface area (Å²) in [6.07, 6.45) is 3.84. The number of aromatic nitrogens is 3. The monoisotopic (exact) mass is 584 g/mol. The smallest absolute Gasteiger partial charge is 0.355 e. The number of nitrogens with two attached hydrogens (primary N) is 1. The summed E-state index contributed by atoms with van der Waals surface area (Å²) in [4.78, 5) is 15.8. The number of carboxylic acid groups (broad SMARTS) is 1. The summed E-state index contributed by atoms with van der Waals surface area (Å²) in [5.41, 5.74) is 3.70. The van der Waals surface area contributed by atoms with Gasteiger partial charge in [-0.2, -0.15) is 5.10 Å². The van der Waals surface area contributed by atoms with Gasteiger partial charge in [-0.1, -0.05) is 26.8 Å². The van der Waals surface area contributed by atoms with E-state index in [4.69, 9.17) is 10.2 Å². The standard InChI is InChI=1S/C29H30F2N4O3S2/c1-4-29(2,3)20-14-18(8-9-21(20)30)26-19(11-17-7-10-25(40(32)38)22(31)12-17)24(13-16-5-6-16)35(34-26)28-33-23(15-39-28)27(36)37/h7-10,12,14-16H,4-6,11,13,32H2,1-3H3,(H,36,37). The van der Waals surface area contributed by atoms with Crippen LogP contribution in [0.3, 0.4) is 0 Å². The molecule has 1 unspecified atom stereocenters. The molecule has 0 aliphatic heterocycles. The van der Waals surface area contributed by atoms with E-state index in [2.05, 4.69) is 4.98 Å². The molecule has 3 N–H and O–H groups in total. The van der Waals surface area contributed by atoms with E-state index in [1.165, 1.54) is 34.9 Å². The first kappa shape index (κ1) is 28.3. The second-order valence-electron chi connectivity index (χ2n) is 10.8. The first-order chi connectivity index (χ1) is 19.0. The van der Waals surface area contributed by atoms with Gasteiger partial charge in [-0.25, -0.2) is 32.6 Å². The summed E-state index contributed by atoms with van der Waals surface area (Å²) in [7, 11) is -1.95. The van der Waals surface area contributed by atoms with Gasteiger partial charge in [-0.05, 0) is 78.5 Å². The van der Waals surface area contributed by atoms with E-state index < -0.39 is 28.2 Å². The molecule has 7 nitrogen and oxygen atoms in total. The lowest BCUT2D eigenvalue weighted by molar-refractivity contribution is 0.0691. The molecule has 4 aromatic rings. The molecule has 2 heterocycles. The fraction of sp³-hybridized carbons (Fsp3) is 0.345. The second-order valence-corrected chi connectivity index (χ2v) is 12.7. The highest BCUT2D eigenvalue weighted by Gasteiger charge is 2.30. The second kappa shape index (κ2) is 10.9. The van der Waals surface area contributed by atoms with Crippen LogP contribution in [0.15, 0.2) is 46.7 Å². The maximum absolute atomic E-state index is 15.0. The van der Waals surface area contributed by atoms with Gasteiger partial charge in [0.15, 0.2) is 5.69 Å². The highest BCUT2D eigenvalue weighted by molar-refractivity contribution is 7.82. The van der Waals surface area contributed by atoms with Crippen molar-refractivity contribution in [3.05, 3.63) is 81.5 Å². The molecule has 1 aliphatic carbocycles. The minimum atomic E-state index is -1.95. The van der Waals surface area contributed by atoms with Crippen molar-refractivity contribution < 1.29 is 22.9 Å². The first-order valence-electron chi connectivity index (χ1n) is 13.0. The highest BCUT2D eigenvalue weighted by Crippen LogP contribution is 2.39. The number of rotatable bonds is 10. The van der Waals surface area contributed by atoms with Crippen LogP contribution in [0.25, 0.3) is 16.4 Å². The quantitative estimate of drug-likeness (QED) is 0.231. The fourth-order valence-corrected chi connectivity index (χ4v) is 5.96. The van der Waals surface area contributed by atoms with Crippen LogP contribution in [0.5, 0.6) is 0 Å². The van der Waals surface area contributed by atoms with Crippen LogP contribution >= 0.6 is 11.3 Å². The number of hydrogen-bond acceptors (Lipinski definition) is 5. The molecule has 0 saturated heterocycles. The van der Waals surface area contributed by atoms with Crippen molar-refractivity contribution in [1.29, 1.82) is 0 Å². The summed E-state index contributed by atoms with van der Waals surface area (Å²) >= 11 is 1.18. The normalized spacial score (nSPS) is 14.4. The Morgan fingerprint density at radius 1 is 1.20 bits per heavy atom. The number of benzene rings is 2. The van der Waals surface area contributed by atoms with Crippen LogP contribution in [0.1, 0.15) is 72.9 Å². The van der Waals surface area contributed by atoms with E-state index in [0.29, 0.717) is 46.3 Å². The Kier molecular flexibility index (Phi) is 7.73. The fourth-order valence-electron chi connectivity index (χ4n) is 4.73. The van der Waals surface area contributed by atoms with Crippen LogP contribution in [0.4, 0.5) is 8.78 Å². The van der Waals surface area contributed by atoms with Gasteiger partial charge in [0, 0.05) is 22.9 Å². The Morgan fingerprint density at radius 2 is 1.95 bits per heavy atom. The van der Waals surface area contributed by atoms with Gasteiger partial charge in [-0.3, -0.25) is 0 Å². The molecule has 0 radical (unpaired) electrons. The molecular weight excluding hydrogens is 554 g/mol. The van der Waals surface area contributed by atoms with Crippen LogP contribution in [-0.4, -0.2) is 30.0 Å². The Hall–Kier alpha value is -3.28. The van der Waals surface area contributed by atoms with Crippen LogP contribution in [0, 0.1) is 17.6 Å². The molecule has 2 aromatic heterocycles. The topological polar surface area (TPSA) is 111 Å². The van der Waals surface area contributed by atoms with E-state index in [9.17, 15) is 18.5 Å². The van der Waals surface area contributed by atoms with Gasteiger partial charge in [0.2, 0.25) is 5.13 Å². The molecule has 40 heavy (non-hydrogen) atoms. The Labute approximate surface area is 237 Å². The zero-order valence-corrected chi connectivity index (χ0v) is 24.0. The molecule has 2 aromatic carbocycles. The molecule has 0 bridgehead atoms. The largest absolute Gasteiger partial charge is 0.476 e. The Bertz CT molecular complexity index is 1630. The molecule has 1 atom stereocenters. The first-order valence-corrected chi connectivity index (χ1v) is 15.1. The minimum Gasteiger partial charge on any atom is -0.476 e. The van der Waals surface area contributed by atoms with Crippen molar-refractivity contribution in [3.8, 4) is 16.4 Å². The molecule has 1 saturated carbocycles. The van der Waals surface area contributed by atoms with Crippen molar-refractivity contribution in [2.75, 3.05) is 0 Å². The molecule has 5 rings (SSSR count). The lowest BCUT2D eigenvalue weighted by Crippen LogP contribution is -2.17. The number of hydrogen-bond donors (Lipinski definition) is 2. The van der Waals surface area contributed by atoms with E-state index in [1.54, 1.807) is 16.8 Å². The zero-order valence-electron chi connectivity index (χ0n) is 22.4. The van der Waals surface area contributed by atoms with Crippen LogP contribution in [0.2, 0.25) is 0 Å². The van der Waals surface area contributed by atoms with Gasteiger partial charge in [0.05, 0.1) is 16.3 Å². The summed E-state index contributed by atoms with van der Waals surface area (Å²) in [6.45, 7) is 5.99. The molecule has 210 valence electrons. The zero-order chi connectivity index (χ0) is 28.8. The third-order valence-corrected chi connectivity index (χ3v) is 9.19. The van der Waals surface area contributed by atoms with E-state index in [-0.39, 0.29) is 16.4 Å². The summed E-state index contributed by atoms with van der Waals surface area (Å²) in [6, 6.07) is 9.39. The van der Waals surface area contributed by atoms with Crippen molar-refractivity contribution in [3.63, 3.8) is 0 Å². The van der Waals surface area contributed by atoms with Crippen LogP contribution < -0.4 is 5.14 Å². The maximum Gasteiger partial charge on any atom is 0.355 e. The van der Waals surface area contributed by atoms with Gasteiger partial charge in [0.1, 0.15) is 22.6 Å². The predicted octanol–water partition coefficient (Wildman–Crippen LogP) is 6.18. The van der Waals surface area contributed by atoms with Crippen molar-refractivity contribution in [2.45, 2.75) is 63.2 Å². The number of aromatic carboxylic acids is 1. The van der Waals surface area contributed by atoms with Crippen molar-refractivity contribution >= 4 is 28.3 Å². The molecule has 0 spiro atoms. The molecule has 0 amide bonds. The lowest BCUT2D eigenvalue weighted by atomic mass is 9.81. The lowest BCUT2D eigenvalue weighted by Gasteiger charge is -2.24. The van der Waals surface area contributed by atoms with Crippen LogP contribution in [-0.2, 0) is 29.2 Å². The van der Waals surface area contributed by atoms with E-state index >= 15 is 4.39 Å². The number of halogens is 2. The minimum absolute atomic E-state index is 0.0721. The highest BCUT2D eigenvalue weighted by atomic mass is 32.2. The summed E-state index contributed by atoms with van der Waals surface area (Å²) in [5.74, 6) is -1.64. The Balaban J connectivity index is 1.72. The Morgan fingerprint density at radius 3 is 2.55 bits per heavy atom. The van der Waals surface area contributed by atoms with Gasteiger partial charge < -0.3 is 5.11 Å². The van der Waals surface area contributed by atoms with Gasteiger partial charge in [0.25, 0.3) is 0 Å². The SMILES string of the molecule is CCC(C)(C)c1cc(-c2nn(-c3nc(C(=O)O)cs3)c(CC3CC3)c2Cc2ccc(S(N)=O)c(F)c2)ccc1F. The molecule has 11 heteroatoms. The summed E-state index contributed by atoms with van der Waals surface area (Å²) < 4.78 is 43.1. The molecule has 1 fully saturated rings. The average Bonchev–Trinajstić information content (AvgIpc) is 3.46. The van der Waals surface area contributed by atoms with Gasteiger partial charge >= 0.3 is 5.97 Å². The average molecular weight is 585 g/mol. The van der Waals surface area contributed by atoms with E-state index in [1.807, 2.05) is 26.8 Å². The number of carboxylic acids is 1. The third-order valence-electron chi connectivity index (χ3n) is 7.61. The maximum atomic E-state index is 15.0. The van der Waals surface area contributed by atoms with Crippen molar-refractivity contribution in [1.82, 2.24) is 14.8 Å². The van der Waals surface area contributed by atoms with E-state index in [0.717, 1.165) is 30.5 Å². The van der Waals surface area contributed by atoms with Crippen molar-refractivity contribution in [2.24, 2.45) is 11.1 Å². The summed E-state index contributed by atoms with van der Waals surface area (Å²) in [5, 5.41) is 21.7. The van der Waals surface area contributed by atoms with Gasteiger partial charge in [-0.15, -0.1) is 11.3 Å². The third kappa shape index (κ3) is 5.63. The predicted molar refractivity (Wildman–Crippen MR) is 151 cm³/mol. The molecule has 1 aliphatic rings.